The van der Waals surface area contributed by atoms with E-state index in [2.05, 4.69) is 0 Å². The van der Waals surface area contributed by atoms with E-state index in [1.807, 2.05) is 0 Å². The molecule has 0 unspecified atom stereocenters. The first-order chi connectivity index (χ1) is 9.12. The number of hydrogen-bond donors (Lipinski definition) is 2. The highest BCUT2D eigenvalue weighted by atomic mass is 19.1. The third-order valence-corrected chi connectivity index (χ3v) is 2.79. The van der Waals surface area contributed by atoms with Gasteiger partial charge in [0.15, 0.2) is 0 Å². The van der Waals surface area contributed by atoms with Crippen molar-refractivity contribution in [3.05, 3.63) is 29.6 Å². The van der Waals surface area contributed by atoms with Crippen LogP contribution in [0.4, 0.5) is 4.39 Å². The van der Waals surface area contributed by atoms with Crippen LogP contribution in [0.3, 0.4) is 0 Å². The van der Waals surface area contributed by atoms with Crippen LogP contribution in [0.2, 0.25) is 0 Å². The Labute approximate surface area is 116 Å². The van der Waals surface area contributed by atoms with E-state index in [9.17, 15) is 19.1 Å². The number of carbonyl (C=O) groups is 2. The Balaban J connectivity index is 3.10. The lowest BCUT2D eigenvalue weighted by atomic mass is 10.0. The Morgan fingerprint density at radius 3 is 2.40 bits per heavy atom. The molecule has 0 heterocycles. The smallest absolute Gasteiger partial charge is 0.305 e. The first-order valence-electron chi connectivity index (χ1n) is 6.15. The van der Waals surface area contributed by atoms with Gasteiger partial charge in [0, 0.05) is 12.1 Å². The van der Waals surface area contributed by atoms with Crippen molar-refractivity contribution in [3.8, 4) is 5.75 Å². The molecule has 0 bridgehead atoms. The first kappa shape index (κ1) is 15.9. The second-order valence-electron chi connectivity index (χ2n) is 5.43. The Morgan fingerprint density at radius 2 is 1.90 bits per heavy atom. The number of hydrogen-bond acceptors (Lipinski definition) is 3. The SMILES string of the molecule is CC(C)(C)N(CCC(=O)O)C(=O)c1cc(F)ccc1O. The molecule has 1 aromatic rings. The van der Waals surface area contributed by atoms with Gasteiger partial charge < -0.3 is 15.1 Å². The average molecular weight is 283 g/mol. The summed E-state index contributed by atoms with van der Waals surface area (Å²) in [4.78, 5) is 24.3. The van der Waals surface area contributed by atoms with Crippen molar-refractivity contribution < 1.29 is 24.2 Å². The normalized spacial score (nSPS) is 11.2. The maximum atomic E-state index is 13.2. The van der Waals surface area contributed by atoms with Gasteiger partial charge in [0.05, 0.1) is 12.0 Å². The summed E-state index contributed by atoms with van der Waals surface area (Å²) in [5, 5.41) is 18.4. The largest absolute Gasteiger partial charge is 0.507 e. The fourth-order valence-electron chi connectivity index (χ4n) is 1.77. The van der Waals surface area contributed by atoms with Gasteiger partial charge in [-0.15, -0.1) is 0 Å². The number of aliphatic carboxylic acids is 1. The van der Waals surface area contributed by atoms with Gasteiger partial charge in [0.25, 0.3) is 5.91 Å². The van der Waals surface area contributed by atoms with E-state index in [0.29, 0.717) is 0 Å². The van der Waals surface area contributed by atoms with E-state index in [-0.39, 0.29) is 24.3 Å². The molecular formula is C14H18FNO4. The molecule has 1 aromatic carbocycles. The molecule has 0 spiro atoms. The summed E-state index contributed by atoms with van der Waals surface area (Å²) in [6.07, 6.45) is -0.223. The molecule has 0 saturated carbocycles. The molecule has 110 valence electrons. The zero-order chi connectivity index (χ0) is 15.5. The third-order valence-electron chi connectivity index (χ3n) is 2.79. The monoisotopic (exact) mass is 283 g/mol. The summed E-state index contributed by atoms with van der Waals surface area (Å²) in [7, 11) is 0. The summed E-state index contributed by atoms with van der Waals surface area (Å²) in [5.74, 6) is -2.61. The fourth-order valence-corrected chi connectivity index (χ4v) is 1.77. The molecule has 0 aliphatic heterocycles. The number of phenolic OH excluding ortho intramolecular Hbond substituents is 1. The van der Waals surface area contributed by atoms with Crippen LogP contribution in [-0.4, -0.2) is 39.1 Å². The minimum atomic E-state index is -1.03. The number of benzene rings is 1. The van der Waals surface area contributed by atoms with Crippen molar-refractivity contribution in [3.63, 3.8) is 0 Å². The van der Waals surface area contributed by atoms with Gasteiger partial charge in [0.2, 0.25) is 0 Å². The highest BCUT2D eigenvalue weighted by molar-refractivity contribution is 5.97. The minimum Gasteiger partial charge on any atom is -0.507 e. The van der Waals surface area contributed by atoms with Gasteiger partial charge in [-0.05, 0) is 39.0 Å². The molecular weight excluding hydrogens is 265 g/mol. The molecule has 1 amide bonds. The van der Waals surface area contributed by atoms with Crippen LogP contribution >= 0.6 is 0 Å². The number of aromatic hydroxyl groups is 1. The molecule has 0 aromatic heterocycles. The number of carbonyl (C=O) groups excluding carboxylic acids is 1. The van der Waals surface area contributed by atoms with Crippen LogP contribution in [-0.2, 0) is 4.79 Å². The van der Waals surface area contributed by atoms with Crippen molar-refractivity contribution in [1.29, 1.82) is 0 Å². The second kappa shape index (κ2) is 5.90. The quantitative estimate of drug-likeness (QED) is 0.888. The lowest BCUT2D eigenvalue weighted by molar-refractivity contribution is -0.137. The van der Waals surface area contributed by atoms with E-state index in [1.165, 1.54) is 4.90 Å². The fraction of sp³-hybridized carbons (Fsp3) is 0.429. The van der Waals surface area contributed by atoms with Crippen LogP contribution in [0.1, 0.15) is 37.6 Å². The van der Waals surface area contributed by atoms with E-state index < -0.39 is 23.2 Å². The maximum absolute atomic E-state index is 13.2. The molecule has 20 heavy (non-hydrogen) atoms. The Bertz CT molecular complexity index is 522. The third kappa shape index (κ3) is 3.94. The Morgan fingerprint density at radius 1 is 1.30 bits per heavy atom. The number of halogens is 1. The highest BCUT2D eigenvalue weighted by Gasteiger charge is 2.29. The van der Waals surface area contributed by atoms with Gasteiger partial charge in [-0.1, -0.05) is 0 Å². The van der Waals surface area contributed by atoms with Crippen molar-refractivity contribution in [1.82, 2.24) is 4.90 Å². The zero-order valence-electron chi connectivity index (χ0n) is 11.7. The van der Waals surface area contributed by atoms with Gasteiger partial charge in [-0.25, -0.2) is 4.39 Å². The summed E-state index contributed by atoms with van der Waals surface area (Å²) in [6, 6.07) is 3.09. The molecule has 1 rings (SSSR count). The van der Waals surface area contributed by atoms with Gasteiger partial charge in [-0.3, -0.25) is 9.59 Å². The van der Waals surface area contributed by atoms with E-state index in [0.717, 1.165) is 18.2 Å². The van der Waals surface area contributed by atoms with E-state index >= 15 is 0 Å². The van der Waals surface area contributed by atoms with Crippen LogP contribution in [0.25, 0.3) is 0 Å². The number of nitrogens with zero attached hydrogens (tertiary/aromatic N) is 1. The van der Waals surface area contributed by atoms with E-state index in [1.54, 1.807) is 20.8 Å². The summed E-state index contributed by atoms with van der Waals surface area (Å²) >= 11 is 0. The molecule has 0 fully saturated rings. The lowest BCUT2D eigenvalue weighted by Gasteiger charge is -2.35. The van der Waals surface area contributed by atoms with Crippen LogP contribution < -0.4 is 0 Å². The molecule has 0 aliphatic carbocycles. The maximum Gasteiger partial charge on any atom is 0.305 e. The molecule has 5 nitrogen and oxygen atoms in total. The van der Waals surface area contributed by atoms with Gasteiger partial charge in [-0.2, -0.15) is 0 Å². The molecule has 2 N–H and O–H groups in total. The van der Waals surface area contributed by atoms with Crippen LogP contribution in [0.15, 0.2) is 18.2 Å². The summed E-state index contributed by atoms with van der Waals surface area (Å²) in [5.41, 5.74) is -0.823. The van der Waals surface area contributed by atoms with Crippen molar-refractivity contribution in [2.24, 2.45) is 0 Å². The Hall–Kier alpha value is -2.11. The number of carboxylic acids is 1. The first-order valence-corrected chi connectivity index (χ1v) is 6.15. The number of amides is 1. The molecule has 0 radical (unpaired) electrons. The highest BCUT2D eigenvalue weighted by Crippen LogP contribution is 2.24. The van der Waals surface area contributed by atoms with Gasteiger partial charge in [0.1, 0.15) is 11.6 Å². The topological polar surface area (TPSA) is 77.8 Å². The van der Waals surface area contributed by atoms with Crippen LogP contribution in [0, 0.1) is 5.82 Å². The predicted molar refractivity (Wildman–Crippen MR) is 71.1 cm³/mol. The summed E-state index contributed by atoms with van der Waals surface area (Å²) < 4.78 is 13.2. The number of rotatable bonds is 4. The van der Waals surface area contributed by atoms with Crippen molar-refractivity contribution >= 4 is 11.9 Å². The molecule has 6 heteroatoms. The predicted octanol–water partition coefficient (Wildman–Crippen LogP) is 2.25. The second-order valence-corrected chi connectivity index (χ2v) is 5.43. The number of carboxylic acid groups (broad SMARTS) is 1. The molecule has 0 saturated heterocycles. The van der Waals surface area contributed by atoms with Crippen molar-refractivity contribution in [2.45, 2.75) is 32.7 Å². The van der Waals surface area contributed by atoms with Crippen LogP contribution in [0.5, 0.6) is 5.75 Å². The minimum absolute atomic E-state index is 0.0202. The van der Waals surface area contributed by atoms with Crippen molar-refractivity contribution in [2.75, 3.05) is 6.54 Å². The van der Waals surface area contributed by atoms with Gasteiger partial charge >= 0.3 is 5.97 Å². The molecule has 0 aliphatic rings. The Kier molecular flexibility index (Phi) is 4.70. The summed E-state index contributed by atoms with van der Waals surface area (Å²) in [6.45, 7) is 5.20. The number of phenols is 1. The van der Waals surface area contributed by atoms with E-state index in [4.69, 9.17) is 5.11 Å². The molecule has 0 atom stereocenters. The standard InChI is InChI=1S/C14H18FNO4/c1-14(2,3)16(7-6-12(18)19)13(20)10-8-9(15)4-5-11(10)17/h4-5,8,17H,6-7H2,1-3H3,(H,18,19). The average Bonchev–Trinajstić information content (AvgIpc) is 2.30. The zero-order valence-corrected chi connectivity index (χ0v) is 11.7. The lowest BCUT2D eigenvalue weighted by Crippen LogP contribution is -2.46.